The van der Waals surface area contributed by atoms with Crippen LogP contribution < -0.4 is 10.1 Å². The lowest BCUT2D eigenvalue weighted by molar-refractivity contribution is -0.139. The van der Waals surface area contributed by atoms with E-state index in [2.05, 4.69) is 11.9 Å². The van der Waals surface area contributed by atoms with Gasteiger partial charge in [-0.1, -0.05) is 24.3 Å². The lowest BCUT2D eigenvalue weighted by atomic mass is 10.0. The Labute approximate surface area is 137 Å². The average molecular weight is 327 g/mol. The molecule has 1 fully saturated rings. The van der Waals surface area contributed by atoms with E-state index in [1.54, 1.807) is 13.2 Å². The SMILES string of the molecule is C=CCOCC(=O)N1CCNCC1c1ccccc1OC.Cl. The third-order valence-corrected chi connectivity index (χ3v) is 3.52. The van der Waals surface area contributed by atoms with Crippen LogP contribution in [-0.4, -0.2) is 50.8 Å². The van der Waals surface area contributed by atoms with Gasteiger partial charge >= 0.3 is 0 Å². The topological polar surface area (TPSA) is 50.8 Å². The number of methoxy groups -OCH3 is 1. The van der Waals surface area contributed by atoms with Gasteiger partial charge < -0.3 is 19.7 Å². The Hall–Kier alpha value is -1.56. The lowest BCUT2D eigenvalue weighted by Crippen LogP contribution is -2.49. The summed E-state index contributed by atoms with van der Waals surface area (Å²) < 4.78 is 10.7. The number of benzene rings is 1. The number of nitrogens with zero attached hydrogens (tertiary/aromatic N) is 1. The molecule has 2 rings (SSSR count). The van der Waals surface area contributed by atoms with Gasteiger partial charge in [0.15, 0.2) is 0 Å². The standard InChI is InChI=1S/C16H22N2O3.ClH/c1-3-10-21-12-16(19)18-9-8-17-11-14(18)13-6-4-5-7-15(13)20-2;/h3-7,14,17H,1,8-12H2,2H3;1H. The van der Waals surface area contributed by atoms with Crippen LogP contribution in [0, 0.1) is 0 Å². The number of halogens is 1. The summed E-state index contributed by atoms with van der Waals surface area (Å²) in [7, 11) is 1.65. The number of amides is 1. The molecule has 0 aromatic heterocycles. The molecular formula is C16H23ClN2O3. The zero-order valence-corrected chi connectivity index (χ0v) is 13.6. The zero-order valence-electron chi connectivity index (χ0n) is 12.8. The van der Waals surface area contributed by atoms with Gasteiger partial charge in [0.25, 0.3) is 0 Å². The summed E-state index contributed by atoms with van der Waals surface area (Å²) in [6.07, 6.45) is 1.64. The molecule has 1 saturated heterocycles. The minimum atomic E-state index is -0.0327. The van der Waals surface area contributed by atoms with Crippen molar-refractivity contribution in [2.75, 3.05) is 40.0 Å². The van der Waals surface area contributed by atoms with Gasteiger partial charge in [0.05, 0.1) is 19.8 Å². The van der Waals surface area contributed by atoms with Gasteiger partial charge in [-0.3, -0.25) is 4.79 Å². The molecule has 6 heteroatoms. The van der Waals surface area contributed by atoms with E-state index in [0.717, 1.165) is 17.9 Å². The van der Waals surface area contributed by atoms with Gasteiger partial charge in [0.1, 0.15) is 12.4 Å². The maximum atomic E-state index is 12.4. The predicted octanol–water partition coefficient (Wildman–Crippen LogP) is 1.79. The van der Waals surface area contributed by atoms with Gasteiger partial charge in [-0.05, 0) is 6.07 Å². The maximum absolute atomic E-state index is 12.4. The molecule has 0 radical (unpaired) electrons. The van der Waals surface area contributed by atoms with Crippen molar-refractivity contribution in [1.29, 1.82) is 0 Å². The van der Waals surface area contributed by atoms with E-state index in [-0.39, 0.29) is 31.0 Å². The molecule has 0 spiro atoms. The van der Waals surface area contributed by atoms with E-state index in [1.165, 1.54) is 0 Å². The van der Waals surface area contributed by atoms with Crippen LogP contribution in [0.3, 0.4) is 0 Å². The third kappa shape index (κ3) is 4.47. The van der Waals surface area contributed by atoms with Gasteiger partial charge in [0, 0.05) is 25.2 Å². The fraction of sp³-hybridized carbons (Fsp3) is 0.438. The van der Waals surface area contributed by atoms with Crippen molar-refractivity contribution >= 4 is 18.3 Å². The molecule has 1 aromatic rings. The Kier molecular flexibility index (Phi) is 7.95. The first-order valence-corrected chi connectivity index (χ1v) is 7.09. The molecule has 1 aliphatic heterocycles. The first kappa shape index (κ1) is 18.5. The van der Waals surface area contributed by atoms with Gasteiger partial charge in [-0.2, -0.15) is 0 Å². The Bertz CT molecular complexity index is 496. The summed E-state index contributed by atoms with van der Waals surface area (Å²) in [5, 5.41) is 3.33. The summed E-state index contributed by atoms with van der Waals surface area (Å²) in [6.45, 7) is 6.22. The molecule has 1 amide bonds. The van der Waals surface area contributed by atoms with Gasteiger partial charge in [0.2, 0.25) is 5.91 Å². The summed E-state index contributed by atoms with van der Waals surface area (Å²) in [6, 6.07) is 7.78. The smallest absolute Gasteiger partial charge is 0.249 e. The molecule has 22 heavy (non-hydrogen) atoms. The molecule has 1 unspecified atom stereocenters. The summed E-state index contributed by atoms with van der Waals surface area (Å²) in [4.78, 5) is 14.2. The van der Waals surface area contributed by atoms with Crippen molar-refractivity contribution in [1.82, 2.24) is 10.2 Å². The van der Waals surface area contributed by atoms with E-state index in [1.807, 2.05) is 29.2 Å². The zero-order chi connectivity index (χ0) is 15.1. The minimum absolute atomic E-state index is 0. The third-order valence-electron chi connectivity index (χ3n) is 3.52. The molecule has 1 aromatic carbocycles. The molecule has 1 atom stereocenters. The van der Waals surface area contributed by atoms with E-state index in [4.69, 9.17) is 9.47 Å². The predicted molar refractivity (Wildman–Crippen MR) is 88.6 cm³/mol. The second kappa shape index (κ2) is 9.46. The number of carbonyl (C=O) groups is 1. The highest BCUT2D eigenvalue weighted by molar-refractivity contribution is 5.85. The van der Waals surface area contributed by atoms with Crippen LogP contribution >= 0.6 is 12.4 Å². The highest BCUT2D eigenvalue weighted by Gasteiger charge is 2.29. The second-order valence-electron chi connectivity index (χ2n) is 4.85. The quantitative estimate of drug-likeness (QED) is 0.639. The van der Waals surface area contributed by atoms with E-state index < -0.39 is 0 Å². The van der Waals surface area contributed by atoms with E-state index >= 15 is 0 Å². The number of carbonyl (C=O) groups excluding carboxylic acids is 1. The van der Waals surface area contributed by atoms with Crippen LogP contribution in [0.5, 0.6) is 5.75 Å². The molecular weight excluding hydrogens is 304 g/mol. The molecule has 0 aliphatic carbocycles. The van der Waals surface area contributed by atoms with Crippen molar-refractivity contribution in [3.63, 3.8) is 0 Å². The first-order valence-electron chi connectivity index (χ1n) is 7.09. The Morgan fingerprint density at radius 1 is 1.50 bits per heavy atom. The number of hydrogen-bond acceptors (Lipinski definition) is 4. The molecule has 0 saturated carbocycles. The van der Waals surface area contributed by atoms with Gasteiger partial charge in [-0.15, -0.1) is 19.0 Å². The molecule has 122 valence electrons. The second-order valence-corrected chi connectivity index (χ2v) is 4.85. The summed E-state index contributed by atoms with van der Waals surface area (Å²) >= 11 is 0. The largest absolute Gasteiger partial charge is 0.496 e. The van der Waals surface area contributed by atoms with Crippen LogP contribution in [0.1, 0.15) is 11.6 Å². The lowest BCUT2D eigenvalue weighted by Gasteiger charge is -2.37. The van der Waals surface area contributed by atoms with Crippen molar-refractivity contribution < 1.29 is 14.3 Å². The highest BCUT2D eigenvalue weighted by Crippen LogP contribution is 2.30. The van der Waals surface area contributed by atoms with Crippen molar-refractivity contribution in [2.24, 2.45) is 0 Å². The first-order chi connectivity index (χ1) is 10.3. The molecule has 1 heterocycles. The van der Waals surface area contributed by atoms with Gasteiger partial charge in [-0.25, -0.2) is 0 Å². The summed E-state index contributed by atoms with van der Waals surface area (Å²) in [5.74, 6) is 0.797. The fourth-order valence-electron chi connectivity index (χ4n) is 2.53. The van der Waals surface area contributed by atoms with Crippen LogP contribution in [-0.2, 0) is 9.53 Å². The molecule has 1 N–H and O–H groups in total. The Morgan fingerprint density at radius 3 is 3.00 bits per heavy atom. The monoisotopic (exact) mass is 326 g/mol. The van der Waals surface area contributed by atoms with Crippen molar-refractivity contribution in [3.8, 4) is 5.75 Å². The van der Waals surface area contributed by atoms with E-state index in [9.17, 15) is 4.79 Å². The number of nitrogens with one attached hydrogen (secondary N) is 1. The molecule has 0 bridgehead atoms. The number of para-hydroxylation sites is 1. The maximum Gasteiger partial charge on any atom is 0.249 e. The number of ether oxygens (including phenoxy) is 2. The van der Waals surface area contributed by atoms with Crippen LogP contribution in [0.2, 0.25) is 0 Å². The Morgan fingerprint density at radius 2 is 2.27 bits per heavy atom. The van der Waals surface area contributed by atoms with Crippen molar-refractivity contribution in [2.45, 2.75) is 6.04 Å². The van der Waals surface area contributed by atoms with Crippen LogP contribution in [0.4, 0.5) is 0 Å². The van der Waals surface area contributed by atoms with Crippen molar-refractivity contribution in [3.05, 3.63) is 42.5 Å². The summed E-state index contributed by atoms with van der Waals surface area (Å²) in [5.41, 5.74) is 1.02. The number of rotatable bonds is 6. The normalized spacial score (nSPS) is 17.5. The number of piperazine rings is 1. The van der Waals surface area contributed by atoms with Crippen LogP contribution in [0.15, 0.2) is 36.9 Å². The molecule has 5 nitrogen and oxygen atoms in total. The van der Waals surface area contributed by atoms with E-state index in [0.29, 0.717) is 19.7 Å². The molecule has 1 aliphatic rings. The minimum Gasteiger partial charge on any atom is -0.496 e. The fourth-order valence-corrected chi connectivity index (χ4v) is 2.53. The Balaban J connectivity index is 0.00000242. The highest BCUT2D eigenvalue weighted by atomic mass is 35.5. The number of hydrogen-bond donors (Lipinski definition) is 1. The van der Waals surface area contributed by atoms with Crippen LogP contribution in [0.25, 0.3) is 0 Å². The average Bonchev–Trinajstić information content (AvgIpc) is 2.55.